The Bertz CT molecular complexity index is 215. The minimum atomic E-state index is 0.489. The van der Waals surface area contributed by atoms with Gasteiger partial charge in [0.2, 0.25) is 0 Å². The lowest BCUT2D eigenvalue weighted by molar-refractivity contribution is 0.104. The zero-order chi connectivity index (χ0) is 12.1. The van der Waals surface area contributed by atoms with Crippen LogP contribution in [-0.2, 0) is 0 Å². The van der Waals surface area contributed by atoms with Gasteiger partial charge in [0.15, 0.2) is 0 Å². The van der Waals surface area contributed by atoms with E-state index < -0.39 is 0 Å². The van der Waals surface area contributed by atoms with Crippen LogP contribution in [0.15, 0.2) is 0 Å². The Morgan fingerprint density at radius 2 is 2.00 bits per heavy atom. The Balaban J connectivity index is 1.82. The highest BCUT2D eigenvalue weighted by Gasteiger charge is 2.26. The molecule has 100 valence electrons. The van der Waals surface area contributed by atoms with E-state index in [0.29, 0.717) is 6.04 Å². The lowest BCUT2D eigenvalue weighted by Gasteiger charge is -2.39. The van der Waals surface area contributed by atoms with Gasteiger partial charge in [0.05, 0.1) is 0 Å². The number of likely N-dealkylation sites (tertiary alicyclic amines) is 1. The van der Waals surface area contributed by atoms with Crippen LogP contribution < -0.4 is 5.73 Å². The van der Waals surface area contributed by atoms with Gasteiger partial charge in [-0.3, -0.25) is 0 Å². The topological polar surface area (TPSA) is 29.3 Å². The van der Waals surface area contributed by atoms with Gasteiger partial charge < -0.3 is 10.6 Å². The van der Waals surface area contributed by atoms with E-state index in [1.165, 1.54) is 70.9 Å². The normalized spacial score (nSPS) is 36.0. The summed E-state index contributed by atoms with van der Waals surface area (Å²) in [5.41, 5.74) is 6.11. The third kappa shape index (κ3) is 3.96. The second-order valence-corrected chi connectivity index (χ2v) is 6.23. The Hall–Kier alpha value is -0.0800. The third-order valence-electron chi connectivity index (χ3n) is 4.69. The number of rotatable bonds is 4. The molecule has 17 heavy (non-hydrogen) atoms. The largest absolute Gasteiger partial charge is 0.328 e. The fourth-order valence-corrected chi connectivity index (χ4v) is 3.79. The Morgan fingerprint density at radius 3 is 2.76 bits per heavy atom. The molecule has 0 amide bonds. The summed E-state index contributed by atoms with van der Waals surface area (Å²) in [4.78, 5) is 2.79. The highest BCUT2D eigenvalue weighted by molar-refractivity contribution is 4.82. The molecule has 1 saturated heterocycles. The van der Waals surface area contributed by atoms with Gasteiger partial charge in [0.25, 0.3) is 0 Å². The van der Waals surface area contributed by atoms with Crippen LogP contribution in [0.3, 0.4) is 0 Å². The zero-order valence-electron chi connectivity index (χ0n) is 11.5. The van der Waals surface area contributed by atoms with E-state index in [4.69, 9.17) is 5.73 Å². The molecule has 0 spiro atoms. The molecule has 2 N–H and O–H groups in total. The highest BCUT2D eigenvalue weighted by Crippen LogP contribution is 2.28. The van der Waals surface area contributed by atoms with Crippen molar-refractivity contribution in [1.82, 2.24) is 4.90 Å². The third-order valence-corrected chi connectivity index (χ3v) is 4.69. The van der Waals surface area contributed by atoms with Gasteiger partial charge in [-0.1, -0.05) is 26.2 Å². The van der Waals surface area contributed by atoms with Crippen molar-refractivity contribution >= 4 is 0 Å². The molecule has 1 heterocycles. The van der Waals surface area contributed by atoms with Crippen LogP contribution in [0, 0.1) is 5.92 Å². The van der Waals surface area contributed by atoms with Crippen LogP contribution in [-0.4, -0.2) is 30.1 Å². The molecule has 1 aliphatic heterocycles. The first-order valence-corrected chi connectivity index (χ1v) is 7.79. The molecule has 2 rings (SSSR count). The van der Waals surface area contributed by atoms with Gasteiger partial charge in [-0.05, 0) is 51.0 Å². The second kappa shape index (κ2) is 6.75. The first-order chi connectivity index (χ1) is 8.29. The van der Waals surface area contributed by atoms with Crippen molar-refractivity contribution in [1.29, 1.82) is 0 Å². The summed E-state index contributed by atoms with van der Waals surface area (Å²) in [6.45, 7) is 5.00. The van der Waals surface area contributed by atoms with Crippen molar-refractivity contribution in [3.05, 3.63) is 0 Å². The van der Waals surface area contributed by atoms with E-state index in [0.717, 1.165) is 12.0 Å². The van der Waals surface area contributed by atoms with E-state index >= 15 is 0 Å². The summed E-state index contributed by atoms with van der Waals surface area (Å²) < 4.78 is 0. The van der Waals surface area contributed by atoms with Gasteiger partial charge in [0, 0.05) is 18.6 Å². The fraction of sp³-hybridized carbons (Fsp3) is 1.00. The molecular weight excluding hydrogens is 208 g/mol. The van der Waals surface area contributed by atoms with Gasteiger partial charge >= 0.3 is 0 Å². The van der Waals surface area contributed by atoms with Crippen molar-refractivity contribution in [3.8, 4) is 0 Å². The lowest BCUT2D eigenvalue weighted by atomic mass is 9.85. The first-order valence-electron chi connectivity index (χ1n) is 7.79. The quantitative estimate of drug-likeness (QED) is 0.815. The first kappa shape index (κ1) is 13.4. The van der Waals surface area contributed by atoms with Crippen LogP contribution in [0.5, 0.6) is 0 Å². The van der Waals surface area contributed by atoms with Crippen LogP contribution in [0.1, 0.15) is 64.7 Å². The second-order valence-electron chi connectivity index (χ2n) is 6.23. The summed E-state index contributed by atoms with van der Waals surface area (Å²) >= 11 is 0. The van der Waals surface area contributed by atoms with Crippen LogP contribution in [0.4, 0.5) is 0 Å². The number of hydrogen-bond donors (Lipinski definition) is 1. The highest BCUT2D eigenvalue weighted by atomic mass is 15.2. The summed E-state index contributed by atoms with van der Waals surface area (Å²) in [5.74, 6) is 0.885. The Morgan fingerprint density at radius 1 is 1.12 bits per heavy atom. The van der Waals surface area contributed by atoms with Crippen molar-refractivity contribution in [2.24, 2.45) is 11.7 Å². The Labute approximate surface area is 107 Å². The molecule has 2 aliphatic rings. The maximum atomic E-state index is 6.11. The average Bonchev–Trinajstić information content (AvgIpc) is 2.32. The SMILES string of the molecule is CCCC1CCCCN1CC1CCCC(N)C1. The summed E-state index contributed by atoms with van der Waals surface area (Å²) in [5, 5.41) is 0. The van der Waals surface area contributed by atoms with Crippen LogP contribution in [0.2, 0.25) is 0 Å². The van der Waals surface area contributed by atoms with E-state index in [1.54, 1.807) is 0 Å². The molecule has 0 aromatic rings. The molecule has 3 atom stereocenters. The summed E-state index contributed by atoms with van der Waals surface area (Å²) in [6, 6.07) is 1.37. The molecule has 2 nitrogen and oxygen atoms in total. The molecule has 0 bridgehead atoms. The summed E-state index contributed by atoms with van der Waals surface area (Å²) in [6.07, 6.45) is 12.4. The number of nitrogens with zero attached hydrogens (tertiary/aromatic N) is 1. The van der Waals surface area contributed by atoms with E-state index in [-0.39, 0.29) is 0 Å². The maximum Gasteiger partial charge on any atom is 0.00952 e. The molecule has 2 heteroatoms. The van der Waals surface area contributed by atoms with Crippen LogP contribution in [0.25, 0.3) is 0 Å². The van der Waals surface area contributed by atoms with Crippen molar-refractivity contribution < 1.29 is 0 Å². The summed E-state index contributed by atoms with van der Waals surface area (Å²) in [7, 11) is 0. The fourth-order valence-electron chi connectivity index (χ4n) is 3.79. The predicted octanol–water partition coefficient (Wildman–Crippen LogP) is 3.16. The average molecular weight is 238 g/mol. The van der Waals surface area contributed by atoms with Gasteiger partial charge in [-0.15, -0.1) is 0 Å². The van der Waals surface area contributed by atoms with Crippen molar-refractivity contribution in [2.75, 3.05) is 13.1 Å². The smallest absolute Gasteiger partial charge is 0.00952 e. The lowest BCUT2D eigenvalue weighted by Crippen LogP contribution is -2.44. The molecule has 1 aliphatic carbocycles. The molecule has 2 fully saturated rings. The molecule has 0 aromatic carbocycles. The molecular formula is C15H30N2. The molecule has 1 saturated carbocycles. The van der Waals surface area contributed by atoms with Gasteiger partial charge in [-0.2, -0.15) is 0 Å². The molecule has 0 aromatic heterocycles. The van der Waals surface area contributed by atoms with Crippen LogP contribution >= 0.6 is 0 Å². The minimum Gasteiger partial charge on any atom is -0.328 e. The molecule has 0 radical (unpaired) electrons. The minimum absolute atomic E-state index is 0.489. The maximum absolute atomic E-state index is 6.11. The molecule has 3 unspecified atom stereocenters. The number of nitrogens with two attached hydrogens (primary N) is 1. The monoisotopic (exact) mass is 238 g/mol. The standard InChI is InChI=1S/C15H30N2/c1-2-6-15-9-3-4-10-17(15)12-13-7-5-8-14(16)11-13/h13-15H,2-12,16H2,1H3. The van der Waals surface area contributed by atoms with Gasteiger partial charge in [0.1, 0.15) is 0 Å². The Kier molecular flexibility index (Phi) is 5.30. The van der Waals surface area contributed by atoms with Crippen molar-refractivity contribution in [3.63, 3.8) is 0 Å². The van der Waals surface area contributed by atoms with E-state index in [9.17, 15) is 0 Å². The predicted molar refractivity (Wildman–Crippen MR) is 74.1 cm³/mol. The van der Waals surface area contributed by atoms with Crippen molar-refractivity contribution in [2.45, 2.75) is 76.8 Å². The van der Waals surface area contributed by atoms with E-state index in [2.05, 4.69) is 11.8 Å². The van der Waals surface area contributed by atoms with E-state index in [1.807, 2.05) is 0 Å². The zero-order valence-corrected chi connectivity index (χ0v) is 11.5. The number of hydrogen-bond acceptors (Lipinski definition) is 2. The number of piperidine rings is 1. The van der Waals surface area contributed by atoms with Gasteiger partial charge in [-0.25, -0.2) is 0 Å².